The summed E-state index contributed by atoms with van der Waals surface area (Å²) in [5.74, 6) is 2.08. The Morgan fingerprint density at radius 2 is 1.72 bits per heavy atom. The van der Waals surface area contributed by atoms with Gasteiger partial charge < -0.3 is 10.2 Å². The van der Waals surface area contributed by atoms with Gasteiger partial charge in [0, 0.05) is 25.7 Å². The minimum Gasteiger partial charge on any atom is -0.373 e. The molecule has 102 valence electrons. The van der Waals surface area contributed by atoms with E-state index in [2.05, 4.69) is 41.0 Å². The number of anilines is 2. The molecule has 1 heterocycles. The zero-order chi connectivity index (χ0) is 13.4. The van der Waals surface area contributed by atoms with Crippen molar-refractivity contribution in [3.05, 3.63) is 11.9 Å². The van der Waals surface area contributed by atoms with Gasteiger partial charge in [-0.05, 0) is 19.3 Å². The van der Waals surface area contributed by atoms with Gasteiger partial charge in [0.05, 0.1) is 0 Å². The SMILES string of the molecule is CCCc1c(NC)ncnc1N(CCC)CCC. The van der Waals surface area contributed by atoms with Crippen molar-refractivity contribution in [3.63, 3.8) is 0 Å². The summed E-state index contributed by atoms with van der Waals surface area (Å²) < 4.78 is 0. The van der Waals surface area contributed by atoms with Crippen LogP contribution in [0.4, 0.5) is 11.6 Å². The van der Waals surface area contributed by atoms with Gasteiger partial charge in [-0.15, -0.1) is 0 Å². The summed E-state index contributed by atoms with van der Waals surface area (Å²) in [7, 11) is 1.93. The molecule has 0 bridgehead atoms. The lowest BCUT2D eigenvalue weighted by Crippen LogP contribution is -2.27. The summed E-state index contributed by atoms with van der Waals surface area (Å²) in [6, 6.07) is 0. The number of hydrogen-bond acceptors (Lipinski definition) is 4. The Bertz CT molecular complexity index is 346. The van der Waals surface area contributed by atoms with E-state index in [9.17, 15) is 0 Å². The quantitative estimate of drug-likeness (QED) is 0.769. The first-order valence-corrected chi connectivity index (χ1v) is 7.04. The van der Waals surface area contributed by atoms with Crippen LogP contribution in [0.3, 0.4) is 0 Å². The topological polar surface area (TPSA) is 41.1 Å². The van der Waals surface area contributed by atoms with E-state index < -0.39 is 0 Å². The van der Waals surface area contributed by atoms with Crippen molar-refractivity contribution in [2.24, 2.45) is 0 Å². The zero-order valence-electron chi connectivity index (χ0n) is 12.2. The highest BCUT2D eigenvalue weighted by Crippen LogP contribution is 2.25. The summed E-state index contributed by atoms with van der Waals surface area (Å²) >= 11 is 0. The van der Waals surface area contributed by atoms with E-state index in [-0.39, 0.29) is 0 Å². The Labute approximate surface area is 111 Å². The van der Waals surface area contributed by atoms with Crippen molar-refractivity contribution in [2.45, 2.75) is 46.5 Å². The van der Waals surface area contributed by atoms with Gasteiger partial charge in [0.25, 0.3) is 0 Å². The van der Waals surface area contributed by atoms with E-state index in [1.165, 1.54) is 5.56 Å². The highest BCUT2D eigenvalue weighted by Gasteiger charge is 2.15. The first-order valence-electron chi connectivity index (χ1n) is 7.04. The van der Waals surface area contributed by atoms with Gasteiger partial charge in [0.1, 0.15) is 18.0 Å². The van der Waals surface area contributed by atoms with Crippen LogP contribution in [0.5, 0.6) is 0 Å². The van der Waals surface area contributed by atoms with E-state index in [4.69, 9.17) is 0 Å². The summed E-state index contributed by atoms with van der Waals surface area (Å²) in [4.78, 5) is 11.2. The maximum atomic E-state index is 4.52. The fourth-order valence-electron chi connectivity index (χ4n) is 2.23. The van der Waals surface area contributed by atoms with Gasteiger partial charge in [-0.1, -0.05) is 27.2 Å². The molecule has 18 heavy (non-hydrogen) atoms. The first-order chi connectivity index (χ1) is 8.78. The third-order valence-electron chi connectivity index (χ3n) is 2.95. The number of nitrogens with one attached hydrogen (secondary N) is 1. The molecule has 4 heteroatoms. The van der Waals surface area contributed by atoms with Crippen LogP contribution >= 0.6 is 0 Å². The fraction of sp³-hybridized carbons (Fsp3) is 0.714. The molecule has 1 N–H and O–H groups in total. The molecule has 0 fully saturated rings. The van der Waals surface area contributed by atoms with Crippen molar-refractivity contribution >= 4 is 11.6 Å². The van der Waals surface area contributed by atoms with E-state index in [0.29, 0.717) is 0 Å². The number of nitrogens with zero attached hydrogens (tertiary/aromatic N) is 3. The molecule has 0 aliphatic rings. The van der Waals surface area contributed by atoms with Crippen LogP contribution in [-0.4, -0.2) is 30.1 Å². The lowest BCUT2D eigenvalue weighted by molar-refractivity contribution is 0.723. The van der Waals surface area contributed by atoms with E-state index in [1.54, 1.807) is 6.33 Å². The molecule has 1 aromatic rings. The summed E-state index contributed by atoms with van der Waals surface area (Å²) in [6.45, 7) is 8.74. The lowest BCUT2D eigenvalue weighted by Gasteiger charge is -2.25. The van der Waals surface area contributed by atoms with Crippen molar-refractivity contribution in [3.8, 4) is 0 Å². The Morgan fingerprint density at radius 3 is 2.22 bits per heavy atom. The van der Waals surface area contributed by atoms with Crippen LogP contribution in [0.25, 0.3) is 0 Å². The third kappa shape index (κ3) is 3.59. The molecule has 0 radical (unpaired) electrons. The van der Waals surface area contributed by atoms with Crippen molar-refractivity contribution in [1.29, 1.82) is 0 Å². The van der Waals surface area contributed by atoms with Gasteiger partial charge in [-0.3, -0.25) is 0 Å². The summed E-state index contributed by atoms with van der Waals surface area (Å²) in [5.41, 5.74) is 1.25. The second kappa shape index (κ2) is 7.90. The minimum atomic E-state index is 0.971. The monoisotopic (exact) mass is 250 g/mol. The van der Waals surface area contributed by atoms with Gasteiger partial charge >= 0.3 is 0 Å². The molecular weight excluding hydrogens is 224 g/mol. The van der Waals surface area contributed by atoms with Gasteiger partial charge in [-0.2, -0.15) is 0 Å². The highest BCUT2D eigenvalue weighted by molar-refractivity contribution is 5.58. The molecule has 0 spiro atoms. The smallest absolute Gasteiger partial charge is 0.137 e. The second-order valence-corrected chi connectivity index (χ2v) is 4.51. The normalized spacial score (nSPS) is 10.4. The fourth-order valence-corrected chi connectivity index (χ4v) is 2.23. The third-order valence-corrected chi connectivity index (χ3v) is 2.95. The standard InChI is InChI=1S/C14H26N4/c1-5-8-12-13(15-4)16-11-17-14(12)18(9-6-2)10-7-3/h11H,5-10H2,1-4H3,(H,15,16,17). The molecule has 1 rings (SSSR count). The Hall–Kier alpha value is -1.32. The molecule has 0 aromatic carbocycles. The molecule has 0 saturated heterocycles. The Kier molecular flexibility index (Phi) is 6.47. The molecule has 0 aliphatic carbocycles. The van der Waals surface area contributed by atoms with Crippen LogP contribution in [0.15, 0.2) is 6.33 Å². The van der Waals surface area contributed by atoms with Gasteiger partial charge in [-0.25, -0.2) is 9.97 Å². The first kappa shape index (κ1) is 14.7. The zero-order valence-corrected chi connectivity index (χ0v) is 12.2. The van der Waals surface area contributed by atoms with E-state index in [1.807, 2.05) is 7.05 Å². The highest BCUT2D eigenvalue weighted by atomic mass is 15.2. The van der Waals surface area contributed by atoms with Crippen LogP contribution < -0.4 is 10.2 Å². The Balaban J connectivity index is 3.09. The number of rotatable bonds is 8. The predicted molar refractivity (Wildman–Crippen MR) is 78.4 cm³/mol. The van der Waals surface area contributed by atoms with Crippen LogP contribution in [0.2, 0.25) is 0 Å². The van der Waals surface area contributed by atoms with Gasteiger partial charge in [0.2, 0.25) is 0 Å². The van der Waals surface area contributed by atoms with Crippen LogP contribution in [-0.2, 0) is 6.42 Å². The van der Waals surface area contributed by atoms with Crippen molar-refractivity contribution in [1.82, 2.24) is 9.97 Å². The molecule has 0 saturated carbocycles. The largest absolute Gasteiger partial charge is 0.373 e. The molecule has 0 unspecified atom stereocenters. The summed E-state index contributed by atoms with van der Waals surface area (Å²) in [6.07, 6.45) is 6.09. The number of hydrogen-bond donors (Lipinski definition) is 1. The average Bonchev–Trinajstić information content (AvgIpc) is 2.39. The Morgan fingerprint density at radius 1 is 1.06 bits per heavy atom. The average molecular weight is 250 g/mol. The molecular formula is C14H26N4. The van der Waals surface area contributed by atoms with Crippen molar-refractivity contribution in [2.75, 3.05) is 30.4 Å². The number of aromatic nitrogens is 2. The summed E-state index contributed by atoms with van der Waals surface area (Å²) in [5, 5.41) is 3.18. The molecule has 0 amide bonds. The molecule has 1 aromatic heterocycles. The van der Waals surface area contributed by atoms with Crippen LogP contribution in [0.1, 0.15) is 45.6 Å². The maximum absolute atomic E-state index is 4.52. The molecule has 0 atom stereocenters. The van der Waals surface area contributed by atoms with Gasteiger partial charge in [0.15, 0.2) is 0 Å². The van der Waals surface area contributed by atoms with E-state index >= 15 is 0 Å². The molecule has 0 aliphatic heterocycles. The van der Waals surface area contributed by atoms with E-state index in [0.717, 1.165) is 50.4 Å². The van der Waals surface area contributed by atoms with Crippen molar-refractivity contribution < 1.29 is 0 Å². The van der Waals surface area contributed by atoms with Crippen LogP contribution in [0, 0.1) is 0 Å². The second-order valence-electron chi connectivity index (χ2n) is 4.51. The lowest BCUT2D eigenvalue weighted by atomic mass is 10.1. The predicted octanol–water partition coefficient (Wildman–Crippen LogP) is 3.10. The molecule has 4 nitrogen and oxygen atoms in total. The maximum Gasteiger partial charge on any atom is 0.137 e. The minimum absolute atomic E-state index is 0.971.